The number of carboxylic acid groups (broad SMARTS) is 6. The first kappa shape index (κ1) is 95.1. The van der Waals surface area contributed by atoms with Crippen molar-refractivity contribution in [3.8, 4) is 46.0 Å². The van der Waals surface area contributed by atoms with E-state index in [-0.39, 0.29) is 118 Å². The molecule has 34 heteroatoms. The van der Waals surface area contributed by atoms with Gasteiger partial charge in [0, 0.05) is 51.8 Å². The number of halogens is 2. The number of phenolic OH excluding ortho intramolecular Hbond substituents is 6. The van der Waals surface area contributed by atoms with Crippen molar-refractivity contribution in [3.63, 3.8) is 0 Å². The number of hydrogen-bond acceptors (Lipinski definition) is 20. The number of carboxylic acids is 6. The van der Waals surface area contributed by atoms with Gasteiger partial charge in [-0.05, 0) is 156 Å². The number of benzene rings is 6. The number of ether oxygens (including phenoxy) is 2. The highest BCUT2D eigenvalue weighted by atomic mass is 79.9. The zero-order valence-electron chi connectivity index (χ0n) is 62.0. The van der Waals surface area contributed by atoms with Crippen molar-refractivity contribution in [2.45, 2.75) is 163 Å². The zero-order valence-corrected chi connectivity index (χ0v) is 64.4. The van der Waals surface area contributed by atoms with Gasteiger partial charge in [-0.2, -0.15) is 0 Å². The smallest absolute Gasteiger partial charge is 0.305 e. The molecule has 594 valence electrons. The number of aromatic hydroxyl groups is 6. The van der Waals surface area contributed by atoms with Gasteiger partial charge in [0.25, 0.3) is 35.4 Å². The average molecular weight is 1610 g/mol. The van der Waals surface area contributed by atoms with Crippen LogP contribution >= 0.6 is 27.5 Å². The quantitative estimate of drug-likeness (QED) is 0.0217. The second kappa shape index (κ2) is 46.9. The standard InChI is InChI=1S/C17H25NO4.2C12H15NO5.C12H15NO4.C11H12BrNO4.C11H12ClNO4/c1-9(2)12-7-13(10(3)4)16(21)14(8-12)17(22)18-11(5)6-15(19)20;1-7(5-11(15)16)13-12(17)9-6-8(18-2)3-4-10(9)14;1-7(5-11(15)16)13-12(17)9-4-3-8(18-2)6-10(9)14;1-7-3-4-10(14)9(5-7)12(17)13-8(2)6-11(15)16;2*1-6(4-10(15)16)13-11(17)8-5-7(12)2-3-9(8)14/h7-11,21H,6H2,1-5H3,(H,18,22)(H,19,20);2*3-4,6-7,14H,5H2,1-2H3,(H,13,17)(H,15,16);3-5,8,14H,6H2,1-2H3,(H,13,17)(H,15,16);2*2-3,5-6,14H,4H2,1H3,(H,13,17)(H,15,16). The van der Waals surface area contributed by atoms with Crippen LogP contribution in [0, 0.1) is 6.92 Å². The first-order valence-electron chi connectivity index (χ1n) is 33.2. The molecule has 32 nitrogen and oxygen atoms in total. The van der Waals surface area contributed by atoms with E-state index in [1.807, 2.05) is 33.8 Å². The fourth-order valence-corrected chi connectivity index (χ4v) is 9.71. The van der Waals surface area contributed by atoms with Crippen LogP contribution in [0.5, 0.6) is 46.0 Å². The zero-order chi connectivity index (χ0) is 83.4. The molecule has 0 saturated carbocycles. The molecule has 0 aliphatic heterocycles. The number of aryl methyl sites for hydroxylation is 1. The summed E-state index contributed by atoms with van der Waals surface area (Å²) in [6.07, 6.45) is -1.03. The molecule has 6 aromatic rings. The van der Waals surface area contributed by atoms with Gasteiger partial charge < -0.3 is 103 Å². The maximum Gasteiger partial charge on any atom is 0.305 e. The molecule has 18 N–H and O–H groups in total. The third kappa shape index (κ3) is 36.3. The fourth-order valence-electron chi connectivity index (χ4n) is 9.18. The summed E-state index contributed by atoms with van der Waals surface area (Å²) in [6.45, 7) is 19.3. The van der Waals surface area contributed by atoms with E-state index in [0.29, 0.717) is 21.0 Å². The molecule has 0 spiro atoms. The van der Waals surface area contributed by atoms with Gasteiger partial charge in [-0.15, -0.1) is 0 Å². The van der Waals surface area contributed by atoms with Crippen molar-refractivity contribution < 1.29 is 128 Å². The summed E-state index contributed by atoms with van der Waals surface area (Å²) in [5, 5.41) is 125. The minimum Gasteiger partial charge on any atom is -0.507 e. The molecule has 6 amide bonds. The maximum absolute atomic E-state index is 12.3. The molecule has 6 unspecified atom stereocenters. The van der Waals surface area contributed by atoms with E-state index in [0.717, 1.165) is 16.7 Å². The largest absolute Gasteiger partial charge is 0.507 e. The predicted octanol–water partition coefficient (Wildman–Crippen LogP) is 9.90. The van der Waals surface area contributed by atoms with Crippen LogP contribution in [0.1, 0.15) is 198 Å². The molecule has 6 atom stereocenters. The van der Waals surface area contributed by atoms with Crippen LogP contribution < -0.4 is 41.4 Å². The Balaban J connectivity index is 0.000000656. The van der Waals surface area contributed by atoms with E-state index < -0.39 is 108 Å². The minimum atomic E-state index is -1.01. The first-order chi connectivity index (χ1) is 50.7. The van der Waals surface area contributed by atoms with Crippen LogP contribution in [-0.4, -0.2) is 183 Å². The molecule has 0 bridgehead atoms. The van der Waals surface area contributed by atoms with E-state index in [4.69, 9.17) is 51.7 Å². The number of nitrogens with one attached hydrogen (secondary N) is 6. The Morgan fingerprint density at radius 3 is 1.00 bits per heavy atom. The Kier molecular flexibility index (Phi) is 41.0. The summed E-state index contributed by atoms with van der Waals surface area (Å²) in [5.74, 6) is -8.71. The van der Waals surface area contributed by atoms with E-state index in [2.05, 4.69) is 47.8 Å². The van der Waals surface area contributed by atoms with Crippen LogP contribution in [0.3, 0.4) is 0 Å². The lowest BCUT2D eigenvalue weighted by molar-refractivity contribution is -0.138. The van der Waals surface area contributed by atoms with Crippen molar-refractivity contribution in [1.29, 1.82) is 0 Å². The van der Waals surface area contributed by atoms with Crippen LogP contribution in [-0.2, 0) is 28.8 Å². The first-order valence-corrected chi connectivity index (χ1v) is 34.4. The molecule has 6 rings (SSSR count). The fraction of sp³-hybridized carbons (Fsp3) is 0.360. The summed E-state index contributed by atoms with van der Waals surface area (Å²) >= 11 is 8.88. The molecule has 0 aliphatic rings. The molecule has 6 aromatic carbocycles. The van der Waals surface area contributed by atoms with E-state index in [9.17, 15) is 88.2 Å². The minimum absolute atomic E-state index is 0.0229. The molecule has 0 aromatic heterocycles. The van der Waals surface area contributed by atoms with Crippen molar-refractivity contribution >= 4 is 98.8 Å². The highest BCUT2D eigenvalue weighted by molar-refractivity contribution is 9.10. The molecule has 0 fully saturated rings. The Hall–Kier alpha value is -11.9. The molecular formula is C75H94BrClN6O26. The summed E-state index contributed by atoms with van der Waals surface area (Å²) in [6, 6.07) is 22.3. The number of phenols is 6. The van der Waals surface area contributed by atoms with Crippen molar-refractivity contribution in [3.05, 3.63) is 163 Å². The summed E-state index contributed by atoms with van der Waals surface area (Å²) in [4.78, 5) is 134. The Morgan fingerprint density at radius 2 is 0.651 bits per heavy atom. The average Bonchev–Trinajstić information content (AvgIpc) is 0.809. The monoisotopic (exact) mass is 1610 g/mol. The Labute approximate surface area is 641 Å². The van der Waals surface area contributed by atoms with Gasteiger partial charge in [-0.25, -0.2) is 0 Å². The number of aliphatic carboxylic acids is 6. The van der Waals surface area contributed by atoms with E-state index in [1.165, 1.54) is 87.0 Å². The predicted molar refractivity (Wildman–Crippen MR) is 402 cm³/mol. The Morgan fingerprint density at radius 1 is 0.349 bits per heavy atom. The lowest BCUT2D eigenvalue weighted by Crippen LogP contribution is -2.34. The number of carbonyl (C=O) groups excluding carboxylic acids is 6. The maximum atomic E-state index is 12.3. The SMILES string of the molecule is CC(CC(=O)O)NC(=O)c1cc(Br)ccc1O.CC(CC(=O)O)NC(=O)c1cc(C(C)C)cc(C(C)C)c1O.CC(CC(=O)O)NC(=O)c1cc(Cl)ccc1O.COc1ccc(C(=O)NC(C)CC(=O)O)c(O)c1.COc1ccc(O)c(C(=O)NC(C)CC(=O)O)c1.Cc1ccc(O)c(C(=O)NC(C)CC(=O)O)c1. The molecule has 0 aliphatic carbocycles. The van der Waals surface area contributed by atoms with Gasteiger partial charge in [0.15, 0.2) is 0 Å². The highest BCUT2D eigenvalue weighted by Crippen LogP contribution is 2.34. The molecule has 109 heavy (non-hydrogen) atoms. The van der Waals surface area contributed by atoms with Crippen LogP contribution in [0.15, 0.2) is 108 Å². The second-order valence-corrected chi connectivity index (χ2v) is 26.6. The second-order valence-electron chi connectivity index (χ2n) is 25.3. The van der Waals surface area contributed by atoms with Gasteiger partial charge in [-0.1, -0.05) is 72.9 Å². The van der Waals surface area contributed by atoms with Crippen molar-refractivity contribution in [2.75, 3.05) is 14.2 Å². The van der Waals surface area contributed by atoms with Gasteiger partial charge in [0.2, 0.25) is 0 Å². The highest BCUT2D eigenvalue weighted by Gasteiger charge is 2.24. The van der Waals surface area contributed by atoms with E-state index >= 15 is 0 Å². The molecule has 0 radical (unpaired) electrons. The van der Waals surface area contributed by atoms with Gasteiger partial charge in [0.05, 0.1) is 86.1 Å². The summed E-state index contributed by atoms with van der Waals surface area (Å²) < 4.78 is 10.5. The van der Waals surface area contributed by atoms with Crippen LogP contribution in [0.4, 0.5) is 0 Å². The summed E-state index contributed by atoms with van der Waals surface area (Å²) in [7, 11) is 2.89. The van der Waals surface area contributed by atoms with Crippen LogP contribution in [0.25, 0.3) is 0 Å². The van der Waals surface area contributed by atoms with Gasteiger partial charge in [0.1, 0.15) is 46.0 Å². The molecule has 0 saturated heterocycles. The topological polar surface area (TPSA) is 538 Å². The van der Waals surface area contributed by atoms with Crippen molar-refractivity contribution in [2.24, 2.45) is 0 Å². The lowest BCUT2D eigenvalue weighted by atomic mass is 9.91. The molecule has 0 heterocycles. The number of hydrogen-bond donors (Lipinski definition) is 18. The van der Waals surface area contributed by atoms with Gasteiger partial charge in [-0.3, -0.25) is 57.5 Å². The van der Waals surface area contributed by atoms with E-state index in [1.54, 1.807) is 72.7 Å². The lowest BCUT2D eigenvalue weighted by Gasteiger charge is -2.18. The number of rotatable bonds is 28. The third-order valence-electron chi connectivity index (χ3n) is 14.5. The normalized spacial score (nSPS) is 11.9. The number of methoxy groups -OCH3 is 2. The Bertz CT molecular complexity index is 3970. The number of amides is 6. The van der Waals surface area contributed by atoms with Crippen LogP contribution in [0.2, 0.25) is 5.02 Å². The van der Waals surface area contributed by atoms with Crippen molar-refractivity contribution in [1.82, 2.24) is 31.9 Å². The summed E-state index contributed by atoms with van der Waals surface area (Å²) in [5.41, 5.74) is 3.15. The molecular weight excluding hydrogens is 1520 g/mol. The number of carbonyl (C=O) groups is 12. The van der Waals surface area contributed by atoms with Gasteiger partial charge >= 0.3 is 35.8 Å². The third-order valence-corrected chi connectivity index (χ3v) is 15.3.